The number of imidazole rings is 1. The van der Waals surface area contributed by atoms with Gasteiger partial charge in [0.05, 0.1) is 11.0 Å². The number of aromatic nitrogens is 2. The number of aromatic amines is 1. The molecule has 0 bridgehead atoms. The van der Waals surface area contributed by atoms with Gasteiger partial charge in [0, 0.05) is 35.2 Å². The summed E-state index contributed by atoms with van der Waals surface area (Å²) in [7, 11) is 0. The highest BCUT2D eigenvalue weighted by Crippen LogP contribution is 2.22. The molecule has 1 atom stereocenters. The van der Waals surface area contributed by atoms with E-state index in [1.807, 2.05) is 78.9 Å². The van der Waals surface area contributed by atoms with Crippen LogP contribution in [0.3, 0.4) is 0 Å². The molecule has 0 aliphatic heterocycles. The number of H-pyrrole nitrogens is 1. The molecule has 1 amide bonds. The van der Waals surface area contributed by atoms with Gasteiger partial charge in [0.15, 0.2) is 0 Å². The Balaban J connectivity index is 1.44. The van der Waals surface area contributed by atoms with Gasteiger partial charge < -0.3 is 10.3 Å². The molecule has 4 aromatic rings. The number of hydrazine groups is 1. The SMILES string of the molecule is O=C(CC(CNc1ccc(Cl)cc1)c1nc2ccccc2[nH]1)NNC(=S)c1ccccc1. The summed E-state index contributed by atoms with van der Waals surface area (Å²) in [6.45, 7) is 0.512. The van der Waals surface area contributed by atoms with Crippen LogP contribution in [-0.2, 0) is 4.79 Å². The van der Waals surface area contributed by atoms with E-state index < -0.39 is 0 Å². The number of benzene rings is 3. The first kappa shape index (κ1) is 21.8. The molecule has 1 unspecified atom stereocenters. The van der Waals surface area contributed by atoms with Crippen molar-refractivity contribution in [1.29, 1.82) is 0 Å². The van der Waals surface area contributed by atoms with Gasteiger partial charge in [-0.2, -0.15) is 0 Å². The molecule has 1 aromatic heterocycles. The number of carbonyl (C=O) groups excluding carboxylic acids is 1. The van der Waals surface area contributed by atoms with Crippen molar-refractivity contribution in [3.63, 3.8) is 0 Å². The quantitative estimate of drug-likeness (QED) is 0.234. The molecule has 0 aliphatic rings. The molecule has 0 saturated heterocycles. The molecule has 0 spiro atoms. The minimum atomic E-state index is -0.190. The van der Waals surface area contributed by atoms with Gasteiger partial charge >= 0.3 is 0 Å². The average Bonchev–Trinajstić information content (AvgIpc) is 3.26. The lowest BCUT2D eigenvalue weighted by atomic mass is 10.0. The summed E-state index contributed by atoms with van der Waals surface area (Å²) in [4.78, 5) is 21.2. The molecule has 0 saturated carbocycles. The molecule has 1 heterocycles. The Bertz CT molecular complexity index is 1180. The number of hydrogen-bond donors (Lipinski definition) is 4. The van der Waals surface area contributed by atoms with E-state index in [0.717, 1.165) is 28.1 Å². The van der Waals surface area contributed by atoms with E-state index in [1.165, 1.54) is 0 Å². The highest BCUT2D eigenvalue weighted by molar-refractivity contribution is 7.80. The lowest BCUT2D eigenvalue weighted by molar-refractivity contribution is -0.122. The van der Waals surface area contributed by atoms with Gasteiger partial charge in [0.1, 0.15) is 10.8 Å². The Labute approximate surface area is 196 Å². The minimum Gasteiger partial charge on any atom is -0.384 e. The first-order chi connectivity index (χ1) is 15.6. The van der Waals surface area contributed by atoms with Crippen molar-refractivity contribution in [3.8, 4) is 0 Å². The zero-order valence-corrected chi connectivity index (χ0v) is 18.7. The maximum Gasteiger partial charge on any atom is 0.239 e. The highest BCUT2D eigenvalue weighted by Gasteiger charge is 2.20. The van der Waals surface area contributed by atoms with Crippen LogP contribution in [0.5, 0.6) is 0 Å². The Morgan fingerprint density at radius 3 is 2.44 bits per heavy atom. The Kier molecular flexibility index (Phi) is 6.99. The topological polar surface area (TPSA) is 81.8 Å². The van der Waals surface area contributed by atoms with E-state index in [0.29, 0.717) is 16.6 Å². The maximum atomic E-state index is 12.7. The summed E-state index contributed by atoms with van der Waals surface area (Å²) in [5.41, 5.74) is 9.08. The van der Waals surface area contributed by atoms with E-state index in [9.17, 15) is 4.79 Å². The second kappa shape index (κ2) is 10.3. The number of halogens is 1. The fourth-order valence-electron chi connectivity index (χ4n) is 3.30. The molecule has 0 fully saturated rings. The van der Waals surface area contributed by atoms with Crippen molar-refractivity contribution < 1.29 is 4.79 Å². The van der Waals surface area contributed by atoms with Gasteiger partial charge in [0.25, 0.3) is 0 Å². The number of anilines is 1. The molecule has 4 N–H and O–H groups in total. The largest absolute Gasteiger partial charge is 0.384 e. The molecule has 162 valence electrons. The fraction of sp³-hybridized carbons (Fsp3) is 0.125. The summed E-state index contributed by atoms with van der Waals surface area (Å²) in [5, 5.41) is 4.04. The summed E-state index contributed by atoms with van der Waals surface area (Å²) in [6, 6.07) is 24.7. The molecular formula is C24H22ClN5OS. The summed E-state index contributed by atoms with van der Waals surface area (Å²) < 4.78 is 0. The molecule has 0 aliphatic carbocycles. The number of para-hydroxylation sites is 2. The molecule has 4 rings (SSSR count). The van der Waals surface area contributed by atoms with Gasteiger partial charge in [0.2, 0.25) is 5.91 Å². The standard InChI is InChI=1S/C24H22ClN5OS/c25-18-10-12-19(13-11-18)26-15-17(23-27-20-8-4-5-9-21(20)28-23)14-22(31)29-30-24(32)16-6-2-1-3-7-16/h1-13,17,26H,14-15H2,(H,27,28)(H,29,31)(H,30,32). The predicted molar refractivity (Wildman–Crippen MR) is 133 cm³/mol. The second-order valence-electron chi connectivity index (χ2n) is 7.30. The van der Waals surface area contributed by atoms with Crippen LogP contribution in [0, 0.1) is 0 Å². The number of hydrogen-bond acceptors (Lipinski definition) is 4. The van der Waals surface area contributed by atoms with E-state index in [-0.39, 0.29) is 18.2 Å². The van der Waals surface area contributed by atoms with E-state index in [4.69, 9.17) is 28.8 Å². The minimum absolute atomic E-state index is 0.188. The van der Waals surface area contributed by atoms with Crippen molar-refractivity contribution in [1.82, 2.24) is 20.8 Å². The number of rotatable bonds is 7. The Morgan fingerprint density at radius 2 is 1.69 bits per heavy atom. The maximum absolute atomic E-state index is 12.7. The van der Waals surface area contributed by atoms with Crippen molar-refractivity contribution in [2.45, 2.75) is 12.3 Å². The van der Waals surface area contributed by atoms with Crippen LogP contribution in [0.15, 0.2) is 78.9 Å². The van der Waals surface area contributed by atoms with Crippen molar-refractivity contribution in [2.75, 3.05) is 11.9 Å². The number of nitrogens with zero attached hydrogens (tertiary/aromatic N) is 1. The summed E-state index contributed by atoms with van der Waals surface area (Å²) >= 11 is 11.3. The van der Waals surface area contributed by atoms with Crippen LogP contribution in [0.25, 0.3) is 11.0 Å². The second-order valence-corrected chi connectivity index (χ2v) is 8.14. The van der Waals surface area contributed by atoms with Gasteiger partial charge in [-0.25, -0.2) is 4.98 Å². The van der Waals surface area contributed by atoms with E-state index in [1.54, 1.807) is 0 Å². The van der Waals surface area contributed by atoms with Crippen LogP contribution in [0.2, 0.25) is 5.02 Å². The lowest BCUT2D eigenvalue weighted by Gasteiger charge is -2.17. The van der Waals surface area contributed by atoms with Crippen molar-refractivity contribution in [3.05, 3.63) is 95.3 Å². The van der Waals surface area contributed by atoms with Crippen molar-refractivity contribution >= 4 is 51.4 Å². The van der Waals surface area contributed by atoms with Crippen LogP contribution in [0.4, 0.5) is 5.69 Å². The normalized spacial score (nSPS) is 11.7. The van der Waals surface area contributed by atoms with Crippen molar-refractivity contribution in [2.24, 2.45) is 0 Å². The third-order valence-corrected chi connectivity index (χ3v) is 5.56. The first-order valence-electron chi connectivity index (χ1n) is 10.2. The number of amides is 1. The average molecular weight is 464 g/mol. The van der Waals surface area contributed by atoms with Gasteiger partial charge in [-0.15, -0.1) is 0 Å². The zero-order valence-electron chi connectivity index (χ0n) is 17.1. The van der Waals surface area contributed by atoms with Crippen LogP contribution >= 0.6 is 23.8 Å². The highest BCUT2D eigenvalue weighted by atomic mass is 35.5. The smallest absolute Gasteiger partial charge is 0.239 e. The van der Waals surface area contributed by atoms with E-state index >= 15 is 0 Å². The first-order valence-corrected chi connectivity index (χ1v) is 11.0. The third-order valence-electron chi connectivity index (χ3n) is 4.97. The summed E-state index contributed by atoms with van der Waals surface area (Å²) in [5.74, 6) is 0.366. The fourth-order valence-corrected chi connectivity index (χ4v) is 3.62. The number of thiocarbonyl (C=S) groups is 1. The Morgan fingerprint density at radius 1 is 0.969 bits per heavy atom. The van der Waals surface area contributed by atoms with E-state index in [2.05, 4.69) is 21.2 Å². The molecule has 6 nitrogen and oxygen atoms in total. The molecule has 3 aromatic carbocycles. The van der Waals surface area contributed by atoms with Crippen LogP contribution < -0.4 is 16.2 Å². The molecular weight excluding hydrogens is 442 g/mol. The molecule has 8 heteroatoms. The lowest BCUT2D eigenvalue weighted by Crippen LogP contribution is -2.42. The van der Waals surface area contributed by atoms with Gasteiger partial charge in [-0.3, -0.25) is 15.6 Å². The van der Waals surface area contributed by atoms with Crippen LogP contribution in [0.1, 0.15) is 23.7 Å². The third kappa shape index (κ3) is 5.63. The number of carbonyl (C=O) groups is 1. The summed E-state index contributed by atoms with van der Waals surface area (Å²) in [6.07, 6.45) is 0.213. The van der Waals surface area contributed by atoms with Gasteiger partial charge in [-0.1, -0.05) is 66.3 Å². The number of nitrogens with one attached hydrogen (secondary N) is 4. The van der Waals surface area contributed by atoms with Crippen LogP contribution in [-0.4, -0.2) is 27.4 Å². The monoisotopic (exact) mass is 463 g/mol. The Hall–Kier alpha value is -3.42. The molecule has 32 heavy (non-hydrogen) atoms. The molecule has 0 radical (unpaired) electrons. The zero-order chi connectivity index (χ0) is 22.3. The number of fused-ring (bicyclic) bond motifs is 1. The predicted octanol–water partition coefficient (Wildman–Crippen LogP) is 4.80. The van der Waals surface area contributed by atoms with Gasteiger partial charge in [-0.05, 0) is 36.4 Å².